The number of anilines is 3. The summed E-state index contributed by atoms with van der Waals surface area (Å²) in [5.41, 5.74) is 15.6. The Morgan fingerprint density at radius 1 is 0.263 bits per heavy atom. The van der Waals surface area contributed by atoms with E-state index >= 15 is 0 Å². The van der Waals surface area contributed by atoms with Crippen LogP contribution in [0.25, 0.3) is 88.4 Å². The van der Waals surface area contributed by atoms with E-state index in [2.05, 4.69) is 193 Å². The molecule has 0 saturated carbocycles. The predicted octanol–water partition coefficient (Wildman–Crippen LogP) is 15.6. The molecule has 0 radical (unpaired) electrons. The van der Waals surface area contributed by atoms with Gasteiger partial charge in [0.1, 0.15) is 22.3 Å². The van der Waals surface area contributed by atoms with Crippen LogP contribution >= 0.6 is 0 Å². The average Bonchev–Trinajstić information content (AvgIpc) is 3.85. The molecule has 0 N–H and O–H groups in total. The van der Waals surface area contributed by atoms with Gasteiger partial charge in [-0.2, -0.15) is 0 Å². The van der Waals surface area contributed by atoms with Crippen LogP contribution in [-0.2, 0) is 0 Å². The van der Waals surface area contributed by atoms with Crippen LogP contribution in [0.3, 0.4) is 0 Å². The molecule has 0 aliphatic carbocycles. The van der Waals surface area contributed by atoms with Crippen LogP contribution < -0.4 is 4.90 Å². The van der Waals surface area contributed by atoms with Crippen molar-refractivity contribution in [1.82, 2.24) is 0 Å². The zero-order valence-electron chi connectivity index (χ0n) is 31.0. The smallest absolute Gasteiger partial charge is 0.136 e. The molecule has 0 fully saturated rings. The van der Waals surface area contributed by atoms with E-state index in [4.69, 9.17) is 8.83 Å². The standard InChI is InChI=1S/C54H35NO2/c1-3-12-36(13-4-1)38-22-28-42(29-23-38)55(43-30-24-39(25-31-43)37-14-5-2-6-15-37)54-44(40-26-32-48-46-16-7-9-20-50(46)56-52(48)34-40)18-11-19-45(54)41-27-33-49-47-17-8-10-21-51(47)57-53(49)35-41/h1-35H. The van der Waals surface area contributed by atoms with Crippen molar-refractivity contribution in [2.45, 2.75) is 0 Å². The molecule has 268 valence electrons. The molecular weight excluding hydrogens is 695 g/mol. The molecule has 11 aromatic rings. The van der Waals surface area contributed by atoms with Gasteiger partial charge in [-0.05, 0) is 94.0 Å². The largest absolute Gasteiger partial charge is 0.456 e. The van der Waals surface area contributed by atoms with Crippen molar-refractivity contribution in [2.24, 2.45) is 0 Å². The minimum absolute atomic E-state index is 0.861. The molecule has 2 aromatic heterocycles. The number of fused-ring (bicyclic) bond motifs is 6. The normalized spacial score (nSPS) is 11.5. The second-order valence-electron chi connectivity index (χ2n) is 14.5. The van der Waals surface area contributed by atoms with Crippen LogP contribution in [0.4, 0.5) is 17.1 Å². The summed E-state index contributed by atoms with van der Waals surface area (Å²) in [5, 5.41) is 4.44. The molecule has 3 nitrogen and oxygen atoms in total. The predicted molar refractivity (Wildman–Crippen MR) is 237 cm³/mol. The van der Waals surface area contributed by atoms with Crippen LogP contribution in [-0.4, -0.2) is 0 Å². The van der Waals surface area contributed by atoms with E-state index < -0.39 is 0 Å². The summed E-state index contributed by atoms with van der Waals surface area (Å²) in [7, 11) is 0. The van der Waals surface area contributed by atoms with Gasteiger partial charge in [-0.15, -0.1) is 0 Å². The molecule has 0 aliphatic heterocycles. The highest BCUT2D eigenvalue weighted by atomic mass is 16.3. The second-order valence-corrected chi connectivity index (χ2v) is 14.5. The summed E-state index contributed by atoms with van der Waals surface area (Å²) in [4.78, 5) is 2.40. The maximum absolute atomic E-state index is 6.46. The maximum Gasteiger partial charge on any atom is 0.136 e. The summed E-state index contributed by atoms with van der Waals surface area (Å²) in [5.74, 6) is 0. The zero-order chi connectivity index (χ0) is 37.7. The van der Waals surface area contributed by atoms with Gasteiger partial charge >= 0.3 is 0 Å². The summed E-state index contributed by atoms with van der Waals surface area (Å²) in [6.45, 7) is 0. The van der Waals surface area contributed by atoms with Gasteiger partial charge in [-0.3, -0.25) is 0 Å². The van der Waals surface area contributed by atoms with Gasteiger partial charge in [0, 0.05) is 44.0 Å². The van der Waals surface area contributed by atoms with Crippen LogP contribution in [0, 0.1) is 0 Å². The Kier molecular flexibility index (Phi) is 7.82. The third-order valence-corrected chi connectivity index (χ3v) is 11.1. The lowest BCUT2D eigenvalue weighted by molar-refractivity contribution is 0.668. The van der Waals surface area contributed by atoms with Gasteiger partial charge in [-0.25, -0.2) is 0 Å². The molecule has 0 amide bonds. The van der Waals surface area contributed by atoms with Crippen molar-refractivity contribution in [3.63, 3.8) is 0 Å². The Bertz CT molecular complexity index is 3000. The number of para-hydroxylation sites is 3. The highest BCUT2D eigenvalue weighted by Gasteiger charge is 2.23. The summed E-state index contributed by atoms with van der Waals surface area (Å²) in [6, 6.07) is 75.3. The number of rotatable bonds is 7. The first-order valence-corrected chi connectivity index (χ1v) is 19.3. The van der Waals surface area contributed by atoms with E-state index in [0.29, 0.717) is 0 Å². The summed E-state index contributed by atoms with van der Waals surface area (Å²) < 4.78 is 12.9. The minimum atomic E-state index is 0.861. The van der Waals surface area contributed by atoms with Crippen LogP contribution in [0.15, 0.2) is 221 Å². The molecule has 0 aliphatic rings. The van der Waals surface area contributed by atoms with E-state index in [1.807, 2.05) is 24.3 Å². The van der Waals surface area contributed by atoms with Crippen molar-refractivity contribution in [3.8, 4) is 44.5 Å². The first-order valence-electron chi connectivity index (χ1n) is 19.3. The summed E-state index contributed by atoms with van der Waals surface area (Å²) >= 11 is 0. The van der Waals surface area contributed by atoms with Crippen molar-refractivity contribution in [3.05, 3.63) is 212 Å². The first-order chi connectivity index (χ1) is 28.2. The minimum Gasteiger partial charge on any atom is -0.456 e. The van der Waals surface area contributed by atoms with Gasteiger partial charge in [0.2, 0.25) is 0 Å². The Morgan fingerprint density at radius 3 is 1.09 bits per heavy atom. The monoisotopic (exact) mass is 729 g/mol. The lowest BCUT2D eigenvalue weighted by Crippen LogP contribution is -2.12. The summed E-state index contributed by atoms with van der Waals surface area (Å²) in [6.07, 6.45) is 0. The van der Waals surface area contributed by atoms with E-state index in [9.17, 15) is 0 Å². The van der Waals surface area contributed by atoms with E-state index in [1.165, 1.54) is 11.1 Å². The molecule has 0 spiro atoms. The first kappa shape index (κ1) is 32.8. The number of furan rings is 2. The molecule has 0 saturated heterocycles. The Hall–Kier alpha value is -7.62. The van der Waals surface area contributed by atoms with Crippen LogP contribution in [0.2, 0.25) is 0 Å². The third-order valence-electron chi connectivity index (χ3n) is 11.1. The highest BCUT2D eigenvalue weighted by Crippen LogP contribution is 2.48. The fraction of sp³-hybridized carbons (Fsp3) is 0. The molecule has 0 bridgehead atoms. The molecule has 2 heterocycles. The lowest BCUT2D eigenvalue weighted by atomic mass is 9.93. The van der Waals surface area contributed by atoms with Crippen LogP contribution in [0.1, 0.15) is 0 Å². The lowest BCUT2D eigenvalue weighted by Gasteiger charge is -2.30. The van der Waals surface area contributed by atoms with E-state index in [1.54, 1.807) is 0 Å². The van der Waals surface area contributed by atoms with Gasteiger partial charge in [0.05, 0.1) is 5.69 Å². The maximum atomic E-state index is 6.46. The van der Waals surface area contributed by atoms with Crippen molar-refractivity contribution >= 4 is 60.9 Å². The molecule has 57 heavy (non-hydrogen) atoms. The molecular formula is C54H35NO2. The van der Waals surface area contributed by atoms with Gasteiger partial charge in [0.25, 0.3) is 0 Å². The SMILES string of the molecule is c1ccc(-c2ccc(N(c3ccc(-c4ccccc4)cc3)c3c(-c4ccc5c(c4)oc4ccccc45)cccc3-c3ccc4c(c3)oc3ccccc34)cc2)cc1. The molecule has 11 rings (SSSR count). The molecule has 9 aromatic carbocycles. The van der Waals surface area contributed by atoms with E-state index in [-0.39, 0.29) is 0 Å². The Labute approximate surface area is 330 Å². The quantitative estimate of drug-likeness (QED) is 0.164. The Balaban J connectivity index is 1.16. The highest BCUT2D eigenvalue weighted by molar-refractivity contribution is 6.09. The fourth-order valence-electron chi connectivity index (χ4n) is 8.31. The molecule has 0 atom stereocenters. The Morgan fingerprint density at radius 2 is 0.632 bits per heavy atom. The number of hydrogen-bond acceptors (Lipinski definition) is 3. The average molecular weight is 730 g/mol. The van der Waals surface area contributed by atoms with Gasteiger partial charge in [-0.1, -0.05) is 152 Å². The number of hydrogen-bond donors (Lipinski definition) is 0. The fourth-order valence-corrected chi connectivity index (χ4v) is 8.31. The molecule has 0 unspecified atom stereocenters. The third kappa shape index (κ3) is 5.76. The number of nitrogens with zero attached hydrogens (tertiary/aromatic N) is 1. The van der Waals surface area contributed by atoms with Crippen molar-refractivity contribution in [2.75, 3.05) is 4.90 Å². The number of benzene rings is 9. The van der Waals surface area contributed by atoms with Gasteiger partial charge in [0.15, 0.2) is 0 Å². The van der Waals surface area contributed by atoms with Crippen molar-refractivity contribution in [1.29, 1.82) is 0 Å². The zero-order valence-corrected chi connectivity index (χ0v) is 31.0. The van der Waals surface area contributed by atoms with Gasteiger partial charge < -0.3 is 13.7 Å². The van der Waals surface area contributed by atoms with Crippen LogP contribution in [0.5, 0.6) is 0 Å². The molecule has 3 heteroatoms. The van der Waals surface area contributed by atoms with Crippen molar-refractivity contribution < 1.29 is 8.83 Å². The second kappa shape index (κ2) is 13.6. The topological polar surface area (TPSA) is 29.5 Å². The van der Waals surface area contributed by atoms with E-state index in [0.717, 1.165) is 94.3 Å².